The van der Waals surface area contributed by atoms with E-state index in [0.29, 0.717) is 25.0 Å². The monoisotopic (exact) mass is 312 g/mol. The fraction of sp³-hybridized carbons (Fsp3) is 0.947. The van der Waals surface area contributed by atoms with Crippen LogP contribution in [0.25, 0.3) is 0 Å². The smallest absolute Gasteiger partial charge is 0.305 e. The minimum absolute atomic E-state index is 0.000769. The standard InChI is InChI=1S/C19H36O3/c1-3-5-12-17(4-2)15-22-19(20)14-11-9-7-6-8-10-13-18-16-21-18/h17-18H,3-16H2,1-2H3. The van der Waals surface area contributed by atoms with E-state index in [4.69, 9.17) is 9.47 Å². The van der Waals surface area contributed by atoms with E-state index in [-0.39, 0.29) is 5.97 Å². The number of epoxide rings is 1. The van der Waals surface area contributed by atoms with E-state index in [1.54, 1.807) is 0 Å². The van der Waals surface area contributed by atoms with Gasteiger partial charge in [0.1, 0.15) is 0 Å². The molecule has 0 bridgehead atoms. The highest BCUT2D eigenvalue weighted by molar-refractivity contribution is 5.69. The van der Waals surface area contributed by atoms with Crippen molar-refractivity contribution < 1.29 is 14.3 Å². The van der Waals surface area contributed by atoms with Crippen LogP contribution < -0.4 is 0 Å². The SMILES string of the molecule is CCCCC(CC)COC(=O)CCCCCCCCC1CO1. The average Bonchev–Trinajstić information content (AvgIpc) is 3.34. The summed E-state index contributed by atoms with van der Waals surface area (Å²) in [4.78, 5) is 11.7. The number of hydrogen-bond donors (Lipinski definition) is 0. The molecule has 3 nitrogen and oxygen atoms in total. The van der Waals surface area contributed by atoms with E-state index in [9.17, 15) is 4.79 Å². The van der Waals surface area contributed by atoms with Crippen LogP contribution in [0.15, 0.2) is 0 Å². The van der Waals surface area contributed by atoms with E-state index in [0.717, 1.165) is 25.9 Å². The summed E-state index contributed by atoms with van der Waals surface area (Å²) in [6.07, 6.45) is 14.4. The van der Waals surface area contributed by atoms with Crippen molar-refractivity contribution in [1.29, 1.82) is 0 Å². The second kappa shape index (κ2) is 12.9. The first-order chi connectivity index (χ1) is 10.8. The Morgan fingerprint density at radius 2 is 1.77 bits per heavy atom. The van der Waals surface area contributed by atoms with E-state index in [1.165, 1.54) is 51.4 Å². The van der Waals surface area contributed by atoms with Crippen LogP contribution >= 0.6 is 0 Å². The minimum atomic E-state index is 0.000769. The highest BCUT2D eigenvalue weighted by atomic mass is 16.6. The third kappa shape index (κ3) is 11.1. The van der Waals surface area contributed by atoms with Crippen molar-refractivity contribution in [3.8, 4) is 0 Å². The number of carbonyl (C=O) groups is 1. The summed E-state index contributed by atoms with van der Waals surface area (Å²) in [7, 11) is 0. The Balaban J connectivity index is 1.85. The van der Waals surface area contributed by atoms with Crippen LogP contribution in [0.1, 0.15) is 90.9 Å². The molecular formula is C19H36O3. The molecule has 1 rings (SSSR count). The summed E-state index contributed by atoms with van der Waals surface area (Å²) in [5, 5.41) is 0. The van der Waals surface area contributed by atoms with Crippen LogP contribution in [0.3, 0.4) is 0 Å². The minimum Gasteiger partial charge on any atom is -0.465 e. The van der Waals surface area contributed by atoms with E-state index < -0.39 is 0 Å². The Morgan fingerprint density at radius 1 is 1.09 bits per heavy atom. The summed E-state index contributed by atoms with van der Waals surface area (Å²) in [5.74, 6) is 0.556. The van der Waals surface area contributed by atoms with Gasteiger partial charge in [0, 0.05) is 6.42 Å². The second-order valence-electron chi connectivity index (χ2n) is 6.71. The van der Waals surface area contributed by atoms with Crippen molar-refractivity contribution in [3.63, 3.8) is 0 Å². The third-order valence-corrected chi connectivity index (χ3v) is 4.58. The van der Waals surface area contributed by atoms with Gasteiger partial charge in [-0.15, -0.1) is 0 Å². The predicted octanol–water partition coefficient (Wildman–Crippen LogP) is 5.27. The highest BCUT2D eigenvalue weighted by Crippen LogP contribution is 2.18. The molecule has 0 amide bonds. The Hall–Kier alpha value is -0.570. The molecule has 22 heavy (non-hydrogen) atoms. The van der Waals surface area contributed by atoms with Gasteiger partial charge in [0.15, 0.2) is 0 Å². The lowest BCUT2D eigenvalue weighted by atomic mass is 10.0. The fourth-order valence-electron chi connectivity index (χ4n) is 2.76. The average molecular weight is 312 g/mol. The van der Waals surface area contributed by atoms with Crippen molar-refractivity contribution in [1.82, 2.24) is 0 Å². The first-order valence-corrected chi connectivity index (χ1v) is 9.53. The summed E-state index contributed by atoms with van der Waals surface area (Å²) in [5.41, 5.74) is 0. The predicted molar refractivity (Wildman–Crippen MR) is 90.9 cm³/mol. The van der Waals surface area contributed by atoms with Gasteiger partial charge in [0.25, 0.3) is 0 Å². The quantitative estimate of drug-likeness (QED) is 0.235. The van der Waals surface area contributed by atoms with E-state index >= 15 is 0 Å². The number of rotatable bonds is 15. The van der Waals surface area contributed by atoms with Gasteiger partial charge in [-0.1, -0.05) is 65.2 Å². The number of carbonyl (C=O) groups excluding carboxylic acids is 1. The fourth-order valence-corrected chi connectivity index (χ4v) is 2.76. The molecule has 0 aromatic heterocycles. The van der Waals surface area contributed by atoms with Gasteiger partial charge >= 0.3 is 5.97 Å². The lowest BCUT2D eigenvalue weighted by molar-refractivity contribution is -0.145. The highest BCUT2D eigenvalue weighted by Gasteiger charge is 2.20. The van der Waals surface area contributed by atoms with E-state index in [2.05, 4.69) is 13.8 Å². The van der Waals surface area contributed by atoms with Crippen molar-refractivity contribution in [2.24, 2.45) is 5.92 Å². The molecule has 0 saturated carbocycles. The van der Waals surface area contributed by atoms with Gasteiger partial charge in [-0.2, -0.15) is 0 Å². The van der Waals surface area contributed by atoms with Crippen LogP contribution in [0.4, 0.5) is 0 Å². The zero-order chi connectivity index (χ0) is 16.0. The summed E-state index contributed by atoms with van der Waals surface area (Å²) in [6, 6.07) is 0. The number of ether oxygens (including phenoxy) is 2. The number of hydrogen-bond acceptors (Lipinski definition) is 3. The van der Waals surface area contributed by atoms with Crippen molar-refractivity contribution in [2.75, 3.05) is 13.2 Å². The molecular weight excluding hydrogens is 276 g/mol. The molecule has 0 radical (unpaired) electrons. The molecule has 1 aliphatic rings. The normalized spacial score (nSPS) is 18.2. The number of esters is 1. The van der Waals surface area contributed by atoms with Gasteiger partial charge in [-0.25, -0.2) is 0 Å². The van der Waals surface area contributed by atoms with Crippen LogP contribution in [0.2, 0.25) is 0 Å². The molecule has 0 aliphatic carbocycles. The van der Waals surface area contributed by atoms with Crippen LogP contribution in [-0.2, 0) is 14.3 Å². The summed E-state index contributed by atoms with van der Waals surface area (Å²) < 4.78 is 10.6. The molecule has 2 atom stereocenters. The Labute approximate surface area is 137 Å². The summed E-state index contributed by atoms with van der Waals surface area (Å²) in [6.45, 7) is 6.00. The largest absolute Gasteiger partial charge is 0.465 e. The molecule has 1 aliphatic heterocycles. The van der Waals surface area contributed by atoms with Crippen LogP contribution in [-0.4, -0.2) is 25.3 Å². The van der Waals surface area contributed by atoms with Gasteiger partial charge in [0.2, 0.25) is 0 Å². The van der Waals surface area contributed by atoms with Crippen molar-refractivity contribution in [3.05, 3.63) is 0 Å². The Bertz CT molecular complexity index is 274. The van der Waals surface area contributed by atoms with Gasteiger partial charge < -0.3 is 9.47 Å². The van der Waals surface area contributed by atoms with Gasteiger partial charge in [-0.05, 0) is 25.2 Å². The van der Waals surface area contributed by atoms with Crippen molar-refractivity contribution >= 4 is 5.97 Å². The molecule has 0 N–H and O–H groups in total. The van der Waals surface area contributed by atoms with E-state index in [1.807, 2.05) is 0 Å². The molecule has 0 aromatic rings. The molecule has 0 spiro atoms. The second-order valence-corrected chi connectivity index (χ2v) is 6.71. The Morgan fingerprint density at radius 3 is 2.41 bits per heavy atom. The molecule has 0 aromatic carbocycles. The lowest BCUT2D eigenvalue weighted by Crippen LogP contribution is -2.13. The maximum Gasteiger partial charge on any atom is 0.305 e. The molecule has 2 unspecified atom stereocenters. The van der Waals surface area contributed by atoms with Crippen LogP contribution in [0, 0.1) is 5.92 Å². The first kappa shape index (κ1) is 19.5. The van der Waals surface area contributed by atoms with Crippen LogP contribution in [0.5, 0.6) is 0 Å². The summed E-state index contributed by atoms with van der Waals surface area (Å²) >= 11 is 0. The molecule has 130 valence electrons. The van der Waals surface area contributed by atoms with Crippen molar-refractivity contribution in [2.45, 2.75) is 97.0 Å². The number of unbranched alkanes of at least 4 members (excludes halogenated alkanes) is 6. The first-order valence-electron chi connectivity index (χ1n) is 9.53. The third-order valence-electron chi connectivity index (χ3n) is 4.58. The molecule has 1 saturated heterocycles. The van der Waals surface area contributed by atoms with Gasteiger partial charge in [0.05, 0.1) is 19.3 Å². The molecule has 1 fully saturated rings. The maximum absolute atomic E-state index is 11.7. The van der Waals surface area contributed by atoms with Gasteiger partial charge in [-0.3, -0.25) is 4.79 Å². The lowest BCUT2D eigenvalue weighted by Gasteiger charge is -2.14. The topological polar surface area (TPSA) is 38.8 Å². The molecule has 1 heterocycles. The zero-order valence-corrected chi connectivity index (χ0v) is 14.8. The molecule has 3 heteroatoms. The maximum atomic E-state index is 11.7. The Kier molecular flexibility index (Phi) is 11.4. The zero-order valence-electron chi connectivity index (χ0n) is 14.8.